The van der Waals surface area contributed by atoms with E-state index in [0.717, 1.165) is 19.6 Å². The monoisotopic (exact) mass is 170 g/mol. The molecule has 0 bridgehead atoms. The molecular weight excluding hydrogens is 148 g/mol. The summed E-state index contributed by atoms with van der Waals surface area (Å²) in [6.07, 6.45) is 5.54. The van der Waals surface area contributed by atoms with Crippen LogP contribution in [0.15, 0.2) is 0 Å². The summed E-state index contributed by atoms with van der Waals surface area (Å²) in [4.78, 5) is 0. The Morgan fingerprint density at radius 2 is 1.83 bits per heavy atom. The zero-order valence-corrected chi connectivity index (χ0v) is 8.45. The predicted molar refractivity (Wildman–Crippen MR) is 53.4 cm³/mol. The number of hydrogen-bond acceptors (Lipinski definition) is 2. The van der Waals surface area contributed by atoms with Gasteiger partial charge in [-0.15, -0.1) is 0 Å². The minimum Gasteiger partial charge on any atom is -0.316 e. The quantitative estimate of drug-likeness (QED) is 0.611. The van der Waals surface area contributed by atoms with E-state index in [9.17, 15) is 0 Å². The highest BCUT2D eigenvalue weighted by atomic mass is 15.0. The van der Waals surface area contributed by atoms with E-state index in [2.05, 4.69) is 24.5 Å². The SMILES string of the molecule is CCNCCNC1(C)CCCC1. The van der Waals surface area contributed by atoms with Crippen molar-refractivity contribution >= 4 is 0 Å². The van der Waals surface area contributed by atoms with E-state index in [1.807, 2.05) is 0 Å². The molecular formula is C10H22N2. The van der Waals surface area contributed by atoms with Crippen LogP contribution in [0.2, 0.25) is 0 Å². The van der Waals surface area contributed by atoms with Gasteiger partial charge in [-0.25, -0.2) is 0 Å². The molecule has 72 valence electrons. The maximum atomic E-state index is 3.63. The van der Waals surface area contributed by atoms with Crippen molar-refractivity contribution in [1.29, 1.82) is 0 Å². The van der Waals surface area contributed by atoms with Gasteiger partial charge in [-0.2, -0.15) is 0 Å². The Labute approximate surface area is 76.1 Å². The normalized spacial score (nSPS) is 21.5. The molecule has 0 aliphatic heterocycles. The van der Waals surface area contributed by atoms with Crippen molar-refractivity contribution in [3.8, 4) is 0 Å². The molecule has 2 N–H and O–H groups in total. The lowest BCUT2D eigenvalue weighted by Crippen LogP contribution is -2.42. The highest BCUT2D eigenvalue weighted by molar-refractivity contribution is 4.87. The summed E-state index contributed by atoms with van der Waals surface area (Å²) in [5.41, 5.74) is 0.454. The van der Waals surface area contributed by atoms with Crippen LogP contribution >= 0.6 is 0 Å². The van der Waals surface area contributed by atoms with Gasteiger partial charge in [0.05, 0.1) is 0 Å². The Kier molecular flexibility index (Phi) is 4.02. The molecule has 0 heterocycles. The molecule has 0 aromatic heterocycles. The van der Waals surface area contributed by atoms with E-state index < -0.39 is 0 Å². The van der Waals surface area contributed by atoms with E-state index in [-0.39, 0.29) is 0 Å². The molecule has 2 nitrogen and oxygen atoms in total. The summed E-state index contributed by atoms with van der Waals surface area (Å²) >= 11 is 0. The van der Waals surface area contributed by atoms with Gasteiger partial charge in [-0.05, 0) is 26.3 Å². The van der Waals surface area contributed by atoms with Crippen molar-refractivity contribution < 1.29 is 0 Å². The number of hydrogen-bond donors (Lipinski definition) is 2. The molecule has 0 saturated heterocycles. The lowest BCUT2D eigenvalue weighted by atomic mass is 10.0. The van der Waals surface area contributed by atoms with E-state index in [0.29, 0.717) is 5.54 Å². The van der Waals surface area contributed by atoms with Crippen LogP contribution in [-0.2, 0) is 0 Å². The molecule has 0 spiro atoms. The van der Waals surface area contributed by atoms with Crippen molar-refractivity contribution in [3.63, 3.8) is 0 Å². The van der Waals surface area contributed by atoms with E-state index >= 15 is 0 Å². The molecule has 12 heavy (non-hydrogen) atoms. The lowest BCUT2D eigenvalue weighted by Gasteiger charge is -2.25. The third-order valence-corrected chi connectivity index (χ3v) is 2.81. The minimum absolute atomic E-state index is 0.454. The molecule has 0 atom stereocenters. The van der Waals surface area contributed by atoms with Gasteiger partial charge in [0, 0.05) is 18.6 Å². The van der Waals surface area contributed by atoms with Crippen LogP contribution in [0.1, 0.15) is 39.5 Å². The summed E-state index contributed by atoms with van der Waals surface area (Å²) in [6.45, 7) is 7.80. The van der Waals surface area contributed by atoms with Crippen LogP contribution in [-0.4, -0.2) is 25.2 Å². The van der Waals surface area contributed by atoms with Gasteiger partial charge in [0.2, 0.25) is 0 Å². The Morgan fingerprint density at radius 1 is 1.17 bits per heavy atom. The summed E-state index contributed by atoms with van der Waals surface area (Å²) in [6, 6.07) is 0. The minimum atomic E-state index is 0.454. The molecule has 2 heteroatoms. The van der Waals surface area contributed by atoms with Gasteiger partial charge in [-0.3, -0.25) is 0 Å². The Morgan fingerprint density at radius 3 is 2.42 bits per heavy atom. The highest BCUT2D eigenvalue weighted by Crippen LogP contribution is 2.28. The molecule has 1 saturated carbocycles. The van der Waals surface area contributed by atoms with Gasteiger partial charge < -0.3 is 10.6 Å². The lowest BCUT2D eigenvalue weighted by molar-refractivity contribution is 0.364. The number of rotatable bonds is 5. The Bertz CT molecular complexity index is 117. The third-order valence-electron chi connectivity index (χ3n) is 2.81. The molecule has 0 unspecified atom stereocenters. The smallest absolute Gasteiger partial charge is 0.0153 e. The fourth-order valence-electron chi connectivity index (χ4n) is 1.96. The molecule has 0 radical (unpaired) electrons. The molecule has 1 fully saturated rings. The van der Waals surface area contributed by atoms with Crippen LogP contribution in [0.5, 0.6) is 0 Å². The molecule has 0 amide bonds. The first-order valence-electron chi connectivity index (χ1n) is 5.22. The van der Waals surface area contributed by atoms with Gasteiger partial charge in [0.1, 0.15) is 0 Å². The van der Waals surface area contributed by atoms with E-state index in [1.54, 1.807) is 0 Å². The Hall–Kier alpha value is -0.0800. The first-order chi connectivity index (χ1) is 5.77. The third kappa shape index (κ3) is 3.11. The van der Waals surface area contributed by atoms with Crippen LogP contribution < -0.4 is 10.6 Å². The van der Waals surface area contributed by atoms with Gasteiger partial charge >= 0.3 is 0 Å². The summed E-state index contributed by atoms with van der Waals surface area (Å²) in [5, 5.41) is 6.96. The second kappa shape index (κ2) is 4.83. The average molecular weight is 170 g/mol. The fraction of sp³-hybridized carbons (Fsp3) is 1.00. The zero-order chi connectivity index (χ0) is 8.86. The maximum absolute atomic E-state index is 3.63. The van der Waals surface area contributed by atoms with Gasteiger partial charge in [0.15, 0.2) is 0 Å². The summed E-state index contributed by atoms with van der Waals surface area (Å²) in [5.74, 6) is 0. The molecule has 1 aliphatic carbocycles. The van der Waals surface area contributed by atoms with Crippen LogP contribution in [0.3, 0.4) is 0 Å². The molecule has 1 rings (SSSR count). The second-order valence-corrected chi connectivity index (χ2v) is 4.05. The molecule has 1 aliphatic rings. The molecule has 0 aromatic carbocycles. The molecule has 0 aromatic rings. The van der Waals surface area contributed by atoms with Crippen molar-refractivity contribution in [2.45, 2.75) is 45.1 Å². The van der Waals surface area contributed by atoms with E-state index in [4.69, 9.17) is 0 Å². The number of likely N-dealkylation sites (N-methyl/N-ethyl adjacent to an activating group) is 1. The topological polar surface area (TPSA) is 24.1 Å². The summed E-state index contributed by atoms with van der Waals surface area (Å²) < 4.78 is 0. The second-order valence-electron chi connectivity index (χ2n) is 4.05. The highest BCUT2D eigenvalue weighted by Gasteiger charge is 2.26. The zero-order valence-electron chi connectivity index (χ0n) is 8.45. The van der Waals surface area contributed by atoms with Crippen molar-refractivity contribution in [3.05, 3.63) is 0 Å². The van der Waals surface area contributed by atoms with E-state index in [1.165, 1.54) is 25.7 Å². The largest absolute Gasteiger partial charge is 0.316 e. The van der Waals surface area contributed by atoms with Crippen LogP contribution in [0.4, 0.5) is 0 Å². The van der Waals surface area contributed by atoms with Crippen LogP contribution in [0, 0.1) is 0 Å². The fourth-order valence-corrected chi connectivity index (χ4v) is 1.96. The van der Waals surface area contributed by atoms with Crippen LogP contribution in [0.25, 0.3) is 0 Å². The first-order valence-corrected chi connectivity index (χ1v) is 5.22. The maximum Gasteiger partial charge on any atom is 0.0153 e. The van der Waals surface area contributed by atoms with Gasteiger partial charge in [0.25, 0.3) is 0 Å². The predicted octanol–water partition coefficient (Wildman–Crippen LogP) is 1.52. The first kappa shape index (κ1) is 10.0. The van der Waals surface area contributed by atoms with Crippen molar-refractivity contribution in [1.82, 2.24) is 10.6 Å². The average Bonchev–Trinajstić information content (AvgIpc) is 2.47. The Balaban J connectivity index is 2.05. The van der Waals surface area contributed by atoms with Crippen molar-refractivity contribution in [2.24, 2.45) is 0 Å². The number of nitrogens with one attached hydrogen (secondary N) is 2. The summed E-state index contributed by atoms with van der Waals surface area (Å²) in [7, 11) is 0. The standard InChI is InChI=1S/C10H22N2/c1-3-11-8-9-12-10(2)6-4-5-7-10/h11-12H,3-9H2,1-2H3. The van der Waals surface area contributed by atoms with Crippen molar-refractivity contribution in [2.75, 3.05) is 19.6 Å². The van der Waals surface area contributed by atoms with Gasteiger partial charge in [-0.1, -0.05) is 19.8 Å².